The van der Waals surface area contributed by atoms with Crippen LogP contribution in [-0.4, -0.2) is 46.7 Å². The van der Waals surface area contributed by atoms with E-state index < -0.39 is 0 Å². The van der Waals surface area contributed by atoms with Crippen molar-refractivity contribution in [3.05, 3.63) is 59.4 Å². The monoisotopic (exact) mass is 321 g/mol. The molecule has 1 N–H and O–H groups in total. The fraction of sp³-hybridized carbons (Fsp3) is 0.263. The number of nitrogens with one attached hydrogen (secondary N) is 1. The number of hydrogen-bond acceptors (Lipinski definition) is 4. The van der Waals surface area contributed by atoms with Gasteiger partial charge in [0.05, 0.1) is 6.20 Å². The molecule has 0 unspecified atom stereocenters. The zero-order valence-electron chi connectivity index (χ0n) is 14.0. The van der Waals surface area contributed by atoms with Gasteiger partial charge < -0.3 is 10.2 Å². The van der Waals surface area contributed by atoms with Gasteiger partial charge in [0, 0.05) is 26.3 Å². The molecule has 3 aromatic rings. The molecule has 1 aromatic carbocycles. The minimum absolute atomic E-state index is 0. The molecule has 0 bridgehead atoms. The van der Waals surface area contributed by atoms with Gasteiger partial charge in [-0.05, 0) is 43.3 Å². The number of fused-ring (bicyclic) bond motifs is 2. The van der Waals surface area contributed by atoms with E-state index in [2.05, 4.69) is 59.8 Å². The summed E-state index contributed by atoms with van der Waals surface area (Å²) >= 11 is 0. The first kappa shape index (κ1) is 14.9. The molecule has 5 heteroatoms. The van der Waals surface area contributed by atoms with Gasteiger partial charge in [0.2, 0.25) is 0 Å². The van der Waals surface area contributed by atoms with Crippen molar-refractivity contribution in [3.63, 3.8) is 0 Å². The summed E-state index contributed by atoms with van der Waals surface area (Å²) in [6.45, 7) is 1.84. The number of anilines is 1. The Morgan fingerprint density at radius 1 is 1.25 bits per heavy atom. The van der Waals surface area contributed by atoms with Gasteiger partial charge in [-0.3, -0.25) is 0 Å². The van der Waals surface area contributed by atoms with Crippen molar-refractivity contribution in [3.8, 4) is 0 Å². The summed E-state index contributed by atoms with van der Waals surface area (Å²) in [5.74, 6) is 0.891. The Morgan fingerprint density at radius 3 is 2.96 bits per heavy atom. The van der Waals surface area contributed by atoms with Crippen LogP contribution < -0.4 is 5.32 Å². The summed E-state index contributed by atoms with van der Waals surface area (Å²) in [7, 11) is 4.13. The predicted octanol–water partition coefficient (Wildman–Crippen LogP) is 3.05. The van der Waals surface area contributed by atoms with E-state index in [1.54, 1.807) is 0 Å². The summed E-state index contributed by atoms with van der Waals surface area (Å²) in [4.78, 5) is 6.92. The maximum atomic E-state index is 4.77. The summed E-state index contributed by atoms with van der Waals surface area (Å²) in [5, 5.41) is 7.83. The van der Waals surface area contributed by atoms with Gasteiger partial charge in [-0.1, -0.05) is 30.3 Å². The standard InChI is InChI=1S/C19H21N5.H2/c1-23(2)10-8-20-18-7-9-24-19(22-18)17(13-21-24)16-11-14-5-3-4-6-15(14)12-16;/h3-7,9,11,13H,8,10,12H2,1-2H3,(H,20,22);1H. The van der Waals surface area contributed by atoms with Gasteiger partial charge in [-0.15, -0.1) is 0 Å². The van der Waals surface area contributed by atoms with Crippen LogP contribution in [0, 0.1) is 0 Å². The van der Waals surface area contributed by atoms with E-state index in [0.29, 0.717) is 0 Å². The Kier molecular flexibility index (Phi) is 3.78. The number of allylic oxidation sites excluding steroid dienone is 1. The van der Waals surface area contributed by atoms with E-state index >= 15 is 0 Å². The molecule has 0 spiro atoms. The minimum Gasteiger partial charge on any atom is -0.369 e. The zero-order chi connectivity index (χ0) is 16.5. The first-order valence-corrected chi connectivity index (χ1v) is 8.22. The van der Waals surface area contributed by atoms with Crippen molar-refractivity contribution in [2.24, 2.45) is 0 Å². The Hall–Kier alpha value is -2.66. The molecule has 0 aliphatic heterocycles. The number of hydrogen-bond donors (Lipinski definition) is 1. The van der Waals surface area contributed by atoms with Crippen molar-refractivity contribution < 1.29 is 1.43 Å². The van der Waals surface area contributed by atoms with Crippen molar-refractivity contribution >= 4 is 23.1 Å². The summed E-state index contributed by atoms with van der Waals surface area (Å²) in [5.41, 5.74) is 5.97. The quantitative estimate of drug-likeness (QED) is 0.784. The molecule has 0 atom stereocenters. The first-order valence-electron chi connectivity index (χ1n) is 8.22. The number of rotatable bonds is 5. The maximum absolute atomic E-state index is 4.77. The molecule has 1 aliphatic carbocycles. The fourth-order valence-electron chi connectivity index (χ4n) is 3.05. The van der Waals surface area contributed by atoms with Crippen LogP contribution in [0.2, 0.25) is 0 Å². The molecular weight excluding hydrogens is 298 g/mol. The van der Waals surface area contributed by atoms with Crippen LogP contribution in [0.3, 0.4) is 0 Å². The van der Waals surface area contributed by atoms with Gasteiger partial charge >= 0.3 is 0 Å². The van der Waals surface area contributed by atoms with Gasteiger partial charge in [-0.2, -0.15) is 5.10 Å². The van der Waals surface area contributed by atoms with E-state index in [9.17, 15) is 0 Å². The highest BCUT2D eigenvalue weighted by molar-refractivity contribution is 5.92. The van der Waals surface area contributed by atoms with Crippen LogP contribution in [-0.2, 0) is 6.42 Å². The van der Waals surface area contributed by atoms with Crippen molar-refractivity contribution in [1.29, 1.82) is 0 Å². The van der Waals surface area contributed by atoms with Gasteiger partial charge in [-0.25, -0.2) is 9.50 Å². The topological polar surface area (TPSA) is 45.5 Å². The van der Waals surface area contributed by atoms with Crippen LogP contribution in [0.5, 0.6) is 0 Å². The smallest absolute Gasteiger partial charge is 0.164 e. The predicted molar refractivity (Wildman–Crippen MR) is 100 cm³/mol. The summed E-state index contributed by atoms with van der Waals surface area (Å²) < 4.78 is 1.84. The van der Waals surface area contributed by atoms with E-state index in [1.807, 2.05) is 23.0 Å². The van der Waals surface area contributed by atoms with Crippen LogP contribution in [0.15, 0.2) is 42.7 Å². The molecule has 4 rings (SSSR count). The normalized spacial score (nSPS) is 13.4. The van der Waals surface area contributed by atoms with Gasteiger partial charge in [0.1, 0.15) is 5.82 Å². The van der Waals surface area contributed by atoms with Crippen LogP contribution >= 0.6 is 0 Å². The molecule has 2 aromatic heterocycles. The lowest BCUT2D eigenvalue weighted by Gasteiger charge is -2.11. The molecule has 24 heavy (non-hydrogen) atoms. The van der Waals surface area contributed by atoms with Gasteiger partial charge in [0.15, 0.2) is 5.65 Å². The maximum Gasteiger partial charge on any atom is 0.164 e. The molecule has 124 valence electrons. The number of likely N-dealkylation sites (N-methyl/N-ethyl adjacent to an activating group) is 1. The zero-order valence-corrected chi connectivity index (χ0v) is 14.0. The first-order chi connectivity index (χ1) is 11.7. The third-order valence-corrected chi connectivity index (χ3v) is 4.35. The largest absolute Gasteiger partial charge is 0.369 e. The highest BCUT2D eigenvalue weighted by Crippen LogP contribution is 2.32. The van der Waals surface area contributed by atoms with Crippen LogP contribution in [0.1, 0.15) is 18.1 Å². The Labute approximate surface area is 143 Å². The summed E-state index contributed by atoms with van der Waals surface area (Å²) in [6, 6.07) is 10.5. The lowest BCUT2D eigenvalue weighted by atomic mass is 10.1. The Morgan fingerprint density at radius 2 is 2.12 bits per heavy atom. The van der Waals surface area contributed by atoms with Crippen molar-refractivity contribution in [2.45, 2.75) is 6.42 Å². The SMILES string of the molecule is CN(C)CCNc1ccn2ncc(C3=Cc4ccccc4C3)c2n1.[HH]. The molecular formula is C19H23N5. The Bertz CT molecular complexity index is 913. The molecule has 0 saturated carbocycles. The molecule has 1 aliphatic rings. The lowest BCUT2D eigenvalue weighted by molar-refractivity contribution is 0.425. The highest BCUT2D eigenvalue weighted by atomic mass is 15.2. The van der Waals surface area contributed by atoms with Crippen LogP contribution in [0.4, 0.5) is 5.82 Å². The van der Waals surface area contributed by atoms with E-state index in [0.717, 1.165) is 36.5 Å². The van der Waals surface area contributed by atoms with Crippen molar-refractivity contribution in [1.82, 2.24) is 19.5 Å². The molecule has 0 radical (unpaired) electrons. The van der Waals surface area contributed by atoms with Gasteiger partial charge in [0.25, 0.3) is 0 Å². The van der Waals surface area contributed by atoms with E-state index in [-0.39, 0.29) is 1.43 Å². The number of nitrogens with zero attached hydrogens (tertiary/aromatic N) is 4. The average Bonchev–Trinajstić information content (AvgIpc) is 3.17. The van der Waals surface area contributed by atoms with E-state index in [4.69, 9.17) is 4.98 Å². The van der Waals surface area contributed by atoms with Crippen LogP contribution in [0.25, 0.3) is 17.3 Å². The van der Waals surface area contributed by atoms with Crippen molar-refractivity contribution in [2.75, 3.05) is 32.5 Å². The fourth-order valence-corrected chi connectivity index (χ4v) is 3.05. The average molecular weight is 321 g/mol. The lowest BCUT2D eigenvalue weighted by Crippen LogP contribution is -2.21. The third-order valence-electron chi connectivity index (χ3n) is 4.35. The molecule has 0 amide bonds. The number of aromatic nitrogens is 3. The molecule has 5 nitrogen and oxygen atoms in total. The minimum atomic E-state index is 0. The molecule has 2 heterocycles. The highest BCUT2D eigenvalue weighted by Gasteiger charge is 2.17. The summed E-state index contributed by atoms with van der Waals surface area (Å²) in [6.07, 6.45) is 7.08. The van der Waals surface area contributed by atoms with E-state index in [1.165, 1.54) is 16.7 Å². The second-order valence-corrected chi connectivity index (χ2v) is 6.41. The second-order valence-electron chi connectivity index (χ2n) is 6.41. The molecule has 0 saturated heterocycles. The third kappa shape index (κ3) is 2.78. The molecule has 0 fully saturated rings. The Balaban J connectivity index is 0.00000182. The second kappa shape index (κ2) is 6.09. The number of benzene rings is 1.